The second-order valence-corrected chi connectivity index (χ2v) is 5.99. The monoisotopic (exact) mass is 292 g/mol. The van der Waals surface area contributed by atoms with Gasteiger partial charge < -0.3 is 9.32 Å². The van der Waals surface area contributed by atoms with E-state index in [-0.39, 0.29) is 11.7 Å². The van der Waals surface area contributed by atoms with E-state index < -0.39 is 15.1 Å². The van der Waals surface area contributed by atoms with Crippen molar-refractivity contribution in [2.45, 2.75) is 11.5 Å². The van der Waals surface area contributed by atoms with Gasteiger partial charge in [-0.2, -0.15) is 0 Å². The highest BCUT2D eigenvalue weighted by Crippen LogP contribution is 2.29. The lowest BCUT2D eigenvalue weighted by Crippen LogP contribution is -2.28. The largest absolute Gasteiger partial charge is 0.438 e. The quantitative estimate of drug-likeness (QED) is 0.897. The molecule has 1 amide bonds. The summed E-state index contributed by atoms with van der Waals surface area (Å²) in [7, 11) is -3.94. The van der Waals surface area contributed by atoms with Gasteiger partial charge in [-0.05, 0) is 30.2 Å². The summed E-state index contributed by atoms with van der Waals surface area (Å²) >= 11 is 0. The minimum Gasteiger partial charge on any atom is -0.438 e. The summed E-state index contributed by atoms with van der Waals surface area (Å²) in [5, 5.41) is 4.54. The Labute approximate surface area is 115 Å². The zero-order chi connectivity index (χ0) is 14.3. The lowest BCUT2D eigenvalue weighted by atomic mass is 10.2. The number of carbonyl (C=O) groups excluding carboxylic acids is 1. The number of primary sulfonamides is 1. The normalized spacial score (nSPS) is 14.3. The molecule has 6 nitrogen and oxygen atoms in total. The Bertz CT molecular complexity index is 779. The highest BCUT2D eigenvalue weighted by molar-refractivity contribution is 7.89. The fourth-order valence-corrected chi connectivity index (χ4v) is 2.73. The van der Waals surface area contributed by atoms with Crippen molar-refractivity contribution in [1.82, 2.24) is 0 Å². The standard InChI is InChI=1S/C13H12N2O4S/c14-20(17,18)12-6-5-11(19-12)13(16)15-8-7-9-3-1-2-4-10(9)15/h1-6H,7-8H2,(H2,14,17,18). The van der Waals surface area contributed by atoms with Crippen LogP contribution in [0.5, 0.6) is 0 Å². The van der Waals surface area contributed by atoms with Crippen molar-refractivity contribution in [3.8, 4) is 0 Å². The summed E-state index contributed by atoms with van der Waals surface area (Å²) in [6.45, 7) is 0.545. The Balaban J connectivity index is 1.93. The number of hydrogen-bond acceptors (Lipinski definition) is 4. The number of para-hydroxylation sites is 1. The molecule has 1 aliphatic heterocycles. The van der Waals surface area contributed by atoms with E-state index in [0.29, 0.717) is 6.54 Å². The maximum absolute atomic E-state index is 12.3. The van der Waals surface area contributed by atoms with E-state index in [9.17, 15) is 13.2 Å². The minimum atomic E-state index is -3.94. The zero-order valence-corrected chi connectivity index (χ0v) is 11.3. The topological polar surface area (TPSA) is 93.6 Å². The van der Waals surface area contributed by atoms with E-state index >= 15 is 0 Å². The van der Waals surface area contributed by atoms with Gasteiger partial charge >= 0.3 is 0 Å². The summed E-state index contributed by atoms with van der Waals surface area (Å²) in [6, 6.07) is 10.1. The van der Waals surface area contributed by atoms with Gasteiger partial charge in [0.15, 0.2) is 5.76 Å². The van der Waals surface area contributed by atoms with Gasteiger partial charge in [0.2, 0.25) is 5.09 Å². The number of nitrogens with zero attached hydrogens (tertiary/aromatic N) is 1. The van der Waals surface area contributed by atoms with Crippen LogP contribution in [0.2, 0.25) is 0 Å². The van der Waals surface area contributed by atoms with Crippen molar-refractivity contribution in [1.29, 1.82) is 0 Å². The molecule has 0 unspecified atom stereocenters. The second-order valence-electron chi connectivity index (χ2n) is 4.50. The predicted octanol–water partition coefficient (Wildman–Crippen LogP) is 1.13. The number of hydrogen-bond donors (Lipinski definition) is 1. The van der Waals surface area contributed by atoms with Crippen LogP contribution in [0.3, 0.4) is 0 Å². The van der Waals surface area contributed by atoms with Crippen LogP contribution in [0.25, 0.3) is 0 Å². The van der Waals surface area contributed by atoms with Crippen LogP contribution >= 0.6 is 0 Å². The van der Waals surface area contributed by atoms with Crippen LogP contribution in [0.15, 0.2) is 45.9 Å². The van der Waals surface area contributed by atoms with Gasteiger partial charge in [-0.3, -0.25) is 4.79 Å². The Morgan fingerprint density at radius 3 is 2.65 bits per heavy atom. The summed E-state index contributed by atoms with van der Waals surface area (Å²) in [5.74, 6) is -0.407. The van der Waals surface area contributed by atoms with Gasteiger partial charge in [0, 0.05) is 12.2 Å². The van der Waals surface area contributed by atoms with Gasteiger partial charge in [-0.1, -0.05) is 18.2 Å². The van der Waals surface area contributed by atoms with Crippen molar-refractivity contribution < 1.29 is 17.6 Å². The van der Waals surface area contributed by atoms with E-state index in [1.807, 2.05) is 24.3 Å². The third kappa shape index (κ3) is 2.10. The molecule has 2 aromatic rings. The number of fused-ring (bicyclic) bond motifs is 1. The first kappa shape index (κ1) is 12.9. The summed E-state index contributed by atoms with van der Waals surface area (Å²) in [5.41, 5.74) is 1.91. The van der Waals surface area contributed by atoms with E-state index in [1.165, 1.54) is 12.1 Å². The molecule has 0 radical (unpaired) electrons. The molecular weight excluding hydrogens is 280 g/mol. The Hall–Kier alpha value is -2.12. The first-order valence-corrected chi connectivity index (χ1v) is 7.54. The van der Waals surface area contributed by atoms with Gasteiger partial charge in [-0.15, -0.1) is 0 Å². The number of anilines is 1. The van der Waals surface area contributed by atoms with E-state index in [2.05, 4.69) is 0 Å². The van der Waals surface area contributed by atoms with Crippen molar-refractivity contribution in [3.63, 3.8) is 0 Å². The van der Waals surface area contributed by atoms with Crippen LogP contribution in [-0.4, -0.2) is 20.9 Å². The molecular formula is C13H12N2O4S. The molecule has 2 heterocycles. The molecule has 1 aromatic carbocycles. The summed E-state index contributed by atoms with van der Waals surface area (Å²) < 4.78 is 27.3. The highest BCUT2D eigenvalue weighted by atomic mass is 32.2. The van der Waals surface area contributed by atoms with Crippen LogP contribution in [-0.2, 0) is 16.4 Å². The number of amides is 1. The average Bonchev–Trinajstić information content (AvgIpc) is 3.04. The third-order valence-corrected chi connectivity index (χ3v) is 3.99. The number of furan rings is 1. The maximum Gasteiger partial charge on any atom is 0.294 e. The summed E-state index contributed by atoms with van der Waals surface area (Å²) in [4.78, 5) is 13.9. The van der Waals surface area contributed by atoms with E-state index in [0.717, 1.165) is 17.7 Å². The molecule has 0 aliphatic carbocycles. The van der Waals surface area contributed by atoms with Crippen molar-refractivity contribution in [2.75, 3.05) is 11.4 Å². The molecule has 0 bridgehead atoms. The molecule has 104 valence electrons. The number of nitrogens with two attached hydrogens (primary N) is 1. The number of carbonyl (C=O) groups is 1. The van der Waals surface area contributed by atoms with Gasteiger partial charge in [0.25, 0.3) is 15.9 Å². The predicted molar refractivity (Wildman–Crippen MR) is 71.9 cm³/mol. The van der Waals surface area contributed by atoms with Crippen LogP contribution in [0, 0.1) is 0 Å². The fraction of sp³-hybridized carbons (Fsp3) is 0.154. The lowest BCUT2D eigenvalue weighted by molar-refractivity contribution is 0.0957. The zero-order valence-electron chi connectivity index (χ0n) is 10.4. The maximum atomic E-state index is 12.3. The Morgan fingerprint density at radius 1 is 1.20 bits per heavy atom. The SMILES string of the molecule is NS(=O)(=O)c1ccc(C(=O)N2CCc3ccccc32)o1. The molecule has 0 spiro atoms. The van der Waals surface area contributed by atoms with Crippen molar-refractivity contribution in [3.05, 3.63) is 47.7 Å². The summed E-state index contributed by atoms with van der Waals surface area (Å²) in [6.07, 6.45) is 0.769. The smallest absolute Gasteiger partial charge is 0.294 e. The van der Waals surface area contributed by atoms with Crippen molar-refractivity contribution in [2.24, 2.45) is 5.14 Å². The molecule has 3 rings (SSSR count). The lowest BCUT2D eigenvalue weighted by Gasteiger charge is -2.15. The molecule has 0 saturated heterocycles. The second kappa shape index (κ2) is 4.46. The Morgan fingerprint density at radius 2 is 1.95 bits per heavy atom. The van der Waals surface area contributed by atoms with Gasteiger partial charge in [0.1, 0.15) is 0 Å². The molecule has 0 atom stereocenters. The molecule has 20 heavy (non-hydrogen) atoms. The van der Waals surface area contributed by atoms with Crippen LogP contribution < -0.4 is 10.0 Å². The number of rotatable bonds is 2. The van der Waals surface area contributed by atoms with Gasteiger partial charge in [0.05, 0.1) is 0 Å². The van der Waals surface area contributed by atoms with Crippen molar-refractivity contribution >= 4 is 21.6 Å². The highest BCUT2D eigenvalue weighted by Gasteiger charge is 2.28. The van der Waals surface area contributed by atoms with Crippen LogP contribution in [0.1, 0.15) is 16.1 Å². The molecule has 2 N–H and O–H groups in total. The molecule has 7 heteroatoms. The minimum absolute atomic E-state index is 0.0364. The van der Waals surface area contributed by atoms with Crippen LogP contribution in [0.4, 0.5) is 5.69 Å². The Kier molecular flexibility index (Phi) is 2.88. The first-order valence-electron chi connectivity index (χ1n) is 5.99. The number of benzene rings is 1. The average molecular weight is 292 g/mol. The molecule has 0 saturated carbocycles. The third-order valence-electron chi connectivity index (χ3n) is 3.20. The van der Waals surface area contributed by atoms with E-state index in [1.54, 1.807) is 4.90 Å². The van der Waals surface area contributed by atoms with E-state index in [4.69, 9.17) is 9.56 Å². The number of sulfonamides is 1. The van der Waals surface area contributed by atoms with Gasteiger partial charge in [-0.25, -0.2) is 13.6 Å². The molecule has 0 fully saturated rings. The molecule has 1 aliphatic rings. The fourth-order valence-electron chi connectivity index (χ4n) is 2.27. The first-order chi connectivity index (χ1) is 9.47. The molecule has 1 aromatic heterocycles.